The van der Waals surface area contributed by atoms with Gasteiger partial charge in [0.05, 0.1) is 13.0 Å². The lowest BCUT2D eigenvalue weighted by atomic mass is 10.1. The predicted octanol–water partition coefficient (Wildman–Crippen LogP) is 1.35. The van der Waals surface area contributed by atoms with Crippen LogP contribution >= 0.6 is 0 Å². The highest BCUT2D eigenvalue weighted by molar-refractivity contribution is 5.70. The first-order valence-corrected chi connectivity index (χ1v) is 5.96. The molecule has 0 aliphatic carbocycles. The topological polar surface area (TPSA) is 82.0 Å². The normalized spacial score (nSPS) is 12.3. The van der Waals surface area contributed by atoms with Crippen LogP contribution in [-0.2, 0) is 22.5 Å². The molecule has 0 aliphatic rings. The van der Waals surface area contributed by atoms with Crippen LogP contribution in [0.25, 0.3) is 0 Å². The van der Waals surface area contributed by atoms with Crippen molar-refractivity contribution < 1.29 is 19.7 Å². The number of carboxylic acid groups (broad SMARTS) is 1. The molecule has 0 saturated carbocycles. The summed E-state index contributed by atoms with van der Waals surface area (Å²) < 4.78 is 5.05. The summed E-state index contributed by atoms with van der Waals surface area (Å²) in [5.74, 6) is -0.869. The fourth-order valence-electron chi connectivity index (χ4n) is 1.39. The van der Waals surface area contributed by atoms with Crippen LogP contribution < -0.4 is 5.11 Å². The minimum absolute atomic E-state index is 0.0104. The van der Waals surface area contributed by atoms with Gasteiger partial charge in [0, 0.05) is 5.60 Å². The summed E-state index contributed by atoms with van der Waals surface area (Å²) in [5.41, 5.74) is 1.000. The van der Waals surface area contributed by atoms with Gasteiger partial charge in [-0.2, -0.15) is 0 Å². The molecule has 0 fully saturated rings. The van der Waals surface area contributed by atoms with E-state index in [1.165, 1.54) is 0 Å². The largest absolute Gasteiger partial charge is 0.595 e. The van der Waals surface area contributed by atoms with E-state index in [1.54, 1.807) is 45.0 Å². The SMILES string of the molecule is CC(C)(C)OC([O-])=NCc1ccc(CC(=O)O)cc1. The van der Waals surface area contributed by atoms with Crippen molar-refractivity contribution in [2.24, 2.45) is 4.99 Å². The maximum absolute atomic E-state index is 11.4. The first-order valence-electron chi connectivity index (χ1n) is 5.96. The number of hydrogen-bond acceptors (Lipinski definition) is 4. The standard InChI is InChI=1S/C14H19NO4/c1-14(2,3)19-13(18)15-9-11-6-4-10(5-7-11)8-12(16)17/h4-7H,8-9H2,1-3H3,(H,15,18)(H,16,17)/p-1. The van der Waals surface area contributed by atoms with Gasteiger partial charge in [0.1, 0.15) is 6.08 Å². The van der Waals surface area contributed by atoms with Gasteiger partial charge in [-0.15, -0.1) is 0 Å². The van der Waals surface area contributed by atoms with Crippen LogP contribution in [0.1, 0.15) is 31.9 Å². The van der Waals surface area contributed by atoms with E-state index in [0.29, 0.717) is 5.56 Å². The number of hydrogen-bond donors (Lipinski definition) is 1. The van der Waals surface area contributed by atoms with E-state index in [9.17, 15) is 9.90 Å². The molecule has 0 saturated heterocycles. The van der Waals surface area contributed by atoms with Crippen molar-refractivity contribution in [3.05, 3.63) is 35.4 Å². The molecule has 0 unspecified atom stereocenters. The van der Waals surface area contributed by atoms with Crippen molar-refractivity contribution in [3.8, 4) is 0 Å². The second kappa shape index (κ2) is 6.22. The monoisotopic (exact) mass is 264 g/mol. The number of nitrogens with zero attached hydrogens (tertiary/aromatic N) is 1. The lowest BCUT2D eigenvalue weighted by Gasteiger charge is -2.29. The Hall–Kier alpha value is -2.04. The van der Waals surface area contributed by atoms with Gasteiger partial charge in [-0.25, -0.2) is 0 Å². The Labute approximate surface area is 112 Å². The highest BCUT2D eigenvalue weighted by atomic mass is 16.6. The van der Waals surface area contributed by atoms with Crippen LogP contribution in [0.3, 0.4) is 0 Å². The highest BCUT2D eigenvalue weighted by Crippen LogP contribution is 2.08. The molecule has 0 radical (unpaired) electrons. The molecular formula is C14H18NO4-. The second-order valence-corrected chi connectivity index (χ2v) is 5.18. The molecule has 5 heteroatoms. The Morgan fingerprint density at radius 1 is 1.26 bits per heavy atom. The van der Waals surface area contributed by atoms with Gasteiger partial charge in [-0.1, -0.05) is 45.0 Å². The van der Waals surface area contributed by atoms with E-state index in [0.717, 1.165) is 5.56 Å². The lowest BCUT2D eigenvalue weighted by Crippen LogP contribution is -2.31. The average molecular weight is 264 g/mol. The Morgan fingerprint density at radius 2 is 1.79 bits per heavy atom. The zero-order valence-corrected chi connectivity index (χ0v) is 11.3. The molecule has 1 aromatic carbocycles. The third-order valence-electron chi connectivity index (χ3n) is 2.16. The molecule has 0 spiro atoms. The molecule has 0 amide bonds. The van der Waals surface area contributed by atoms with E-state index in [4.69, 9.17) is 9.84 Å². The number of benzene rings is 1. The van der Waals surface area contributed by atoms with Crippen molar-refractivity contribution in [3.63, 3.8) is 0 Å². The molecule has 0 heterocycles. The molecule has 0 bridgehead atoms. The number of ether oxygens (including phenoxy) is 1. The molecule has 5 nitrogen and oxygen atoms in total. The van der Waals surface area contributed by atoms with Gasteiger partial charge in [-0.3, -0.25) is 9.79 Å². The molecule has 0 atom stereocenters. The number of aliphatic carboxylic acids is 1. The summed E-state index contributed by atoms with van der Waals surface area (Å²) in [6.45, 7) is 5.56. The number of rotatable bonds is 4. The fraction of sp³-hybridized carbons (Fsp3) is 0.429. The molecule has 0 aromatic heterocycles. The zero-order valence-electron chi connectivity index (χ0n) is 11.3. The van der Waals surface area contributed by atoms with Crippen LogP contribution in [0.5, 0.6) is 0 Å². The second-order valence-electron chi connectivity index (χ2n) is 5.18. The Bertz CT molecular complexity index is 457. The van der Waals surface area contributed by atoms with Crippen LogP contribution in [0.4, 0.5) is 0 Å². The number of aliphatic imine (C=N–C) groups is 1. The Morgan fingerprint density at radius 3 is 2.26 bits per heavy atom. The van der Waals surface area contributed by atoms with Crippen LogP contribution in [-0.4, -0.2) is 22.8 Å². The molecule has 104 valence electrons. The first-order chi connectivity index (χ1) is 8.76. The van der Waals surface area contributed by atoms with Gasteiger partial charge in [0.25, 0.3) is 0 Å². The van der Waals surface area contributed by atoms with E-state index in [-0.39, 0.29) is 13.0 Å². The summed E-state index contributed by atoms with van der Waals surface area (Å²) in [6, 6.07) is 6.94. The summed E-state index contributed by atoms with van der Waals surface area (Å²) in [4.78, 5) is 14.3. The van der Waals surface area contributed by atoms with Crippen LogP contribution in [0, 0.1) is 0 Å². The van der Waals surface area contributed by atoms with Crippen LogP contribution in [0.2, 0.25) is 0 Å². The van der Waals surface area contributed by atoms with Gasteiger partial charge in [0.15, 0.2) is 0 Å². The Kier molecular flexibility index (Phi) is 4.92. The van der Waals surface area contributed by atoms with Gasteiger partial charge < -0.3 is 14.9 Å². The lowest BCUT2D eigenvalue weighted by molar-refractivity contribution is -0.260. The minimum Gasteiger partial charge on any atom is -0.595 e. The summed E-state index contributed by atoms with van der Waals surface area (Å²) in [6.07, 6.45) is -0.606. The van der Waals surface area contributed by atoms with E-state index in [2.05, 4.69) is 4.99 Å². The molecule has 1 aromatic rings. The quantitative estimate of drug-likeness (QED) is 0.657. The third-order valence-corrected chi connectivity index (χ3v) is 2.16. The molecule has 1 rings (SSSR count). The smallest absolute Gasteiger partial charge is 0.307 e. The molecule has 0 aliphatic heterocycles. The molecule has 1 N–H and O–H groups in total. The molecular weight excluding hydrogens is 246 g/mol. The van der Waals surface area contributed by atoms with E-state index >= 15 is 0 Å². The maximum Gasteiger partial charge on any atom is 0.307 e. The highest BCUT2D eigenvalue weighted by Gasteiger charge is 2.04. The van der Waals surface area contributed by atoms with Crippen molar-refractivity contribution in [1.82, 2.24) is 0 Å². The fourth-order valence-corrected chi connectivity index (χ4v) is 1.39. The van der Waals surface area contributed by atoms with E-state index < -0.39 is 17.7 Å². The van der Waals surface area contributed by atoms with Crippen molar-refractivity contribution in [2.45, 2.75) is 39.3 Å². The molecule has 19 heavy (non-hydrogen) atoms. The summed E-state index contributed by atoms with van der Waals surface area (Å²) in [5, 5.41) is 20.0. The predicted molar refractivity (Wildman–Crippen MR) is 69.8 cm³/mol. The van der Waals surface area contributed by atoms with Crippen LogP contribution in [0.15, 0.2) is 29.3 Å². The minimum atomic E-state index is -0.869. The van der Waals surface area contributed by atoms with Crippen molar-refractivity contribution in [1.29, 1.82) is 0 Å². The number of carbonyl (C=O) groups is 1. The zero-order chi connectivity index (χ0) is 14.5. The van der Waals surface area contributed by atoms with E-state index in [1.807, 2.05) is 0 Å². The van der Waals surface area contributed by atoms with Gasteiger partial charge in [-0.05, 0) is 11.1 Å². The Balaban J connectivity index is 2.58. The first kappa shape index (κ1) is 15.0. The van der Waals surface area contributed by atoms with Crippen molar-refractivity contribution >= 4 is 12.1 Å². The third kappa shape index (κ3) is 6.45. The maximum atomic E-state index is 11.4. The average Bonchev–Trinajstić information content (AvgIpc) is 2.25. The van der Waals surface area contributed by atoms with Gasteiger partial charge in [0.2, 0.25) is 0 Å². The van der Waals surface area contributed by atoms with Crippen molar-refractivity contribution in [2.75, 3.05) is 0 Å². The summed E-state index contributed by atoms with van der Waals surface area (Å²) in [7, 11) is 0. The summed E-state index contributed by atoms with van der Waals surface area (Å²) >= 11 is 0. The number of carboxylic acids is 1. The van der Waals surface area contributed by atoms with Gasteiger partial charge >= 0.3 is 5.97 Å².